The van der Waals surface area contributed by atoms with Gasteiger partial charge in [0.25, 0.3) is 5.91 Å². The molecule has 1 aromatic heterocycles. The molecule has 0 radical (unpaired) electrons. The highest BCUT2D eigenvalue weighted by molar-refractivity contribution is 7.09. The van der Waals surface area contributed by atoms with Gasteiger partial charge in [-0.05, 0) is 32.6 Å². The minimum absolute atomic E-state index is 0.0201. The first-order valence-corrected chi connectivity index (χ1v) is 11.2. The number of carbonyl (C=O) groups excluding carboxylic acids is 3. The van der Waals surface area contributed by atoms with E-state index in [1.54, 1.807) is 16.7 Å². The molecule has 30 heavy (non-hydrogen) atoms. The Kier molecular flexibility index (Phi) is 7.69. The summed E-state index contributed by atoms with van der Waals surface area (Å²) in [6.45, 7) is 4.39. The van der Waals surface area contributed by atoms with Crippen molar-refractivity contribution in [1.82, 2.24) is 14.8 Å². The molecule has 0 saturated carbocycles. The summed E-state index contributed by atoms with van der Waals surface area (Å²) in [7, 11) is 0. The lowest BCUT2D eigenvalue weighted by molar-refractivity contribution is -0.149. The Morgan fingerprint density at radius 2 is 1.80 bits per heavy atom. The topological polar surface area (TPSA) is 89.0 Å². The zero-order chi connectivity index (χ0) is 21.5. The van der Waals surface area contributed by atoms with Gasteiger partial charge in [0.05, 0.1) is 17.5 Å². The lowest BCUT2D eigenvalue weighted by Gasteiger charge is -2.30. The first-order valence-electron chi connectivity index (χ1n) is 10.3. The van der Waals surface area contributed by atoms with Crippen molar-refractivity contribution in [3.8, 4) is 12.3 Å². The van der Waals surface area contributed by atoms with Crippen LogP contribution in [0, 0.1) is 18.3 Å². The molecule has 2 fully saturated rings. The summed E-state index contributed by atoms with van der Waals surface area (Å²) in [5.74, 6) is 2.13. The smallest absolute Gasteiger partial charge is 0.410 e. The standard InChI is InChI=1S/C21H27N3O5S/c1-3-13-29-21(27)24-11-5-15(6-12-24)18-22-17(14-30-18)19(25)23-9-7-16(8-10-23)20(26)28-4-2/h1,14-16H,4-13H2,2H3. The molecular weight excluding hydrogens is 406 g/mol. The number of likely N-dealkylation sites (tertiary alicyclic amines) is 2. The minimum atomic E-state index is -0.382. The molecule has 2 saturated heterocycles. The molecule has 162 valence electrons. The molecule has 0 N–H and O–H groups in total. The maximum Gasteiger partial charge on any atom is 0.410 e. The van der Waals surface area contributed by atoms with Gasteiger partial charge < -0.3 is 19.3 Å². The van der Waals surface area contributed by atoms with Crippen LogP contribution in [0.3, 0.4) is 0 Å². The second kappa shape index (κ2) is 10.4. The van der Waals surface area contributed by atoms with Crippen molar-refractivity contribution >= 4 is 29.3 Å². The Labute approximate surface area is 180 Å². The van der Waals surface area contributed by atoms with Gasteiger partial charge >= 0.3 is 12.1 Å². The monoisotopic (exact) mass is 433 g/mol. The molecule has 2 aliphatic rings. The predicted molar refractivity (Wildman–Crippen MR) is 111 cm³/mol. The Balaban J connectivity index is 1.50. The van der Waals surface area contributed by atoms with E-state index in [0.717, 1.165) is 17.8 Å². The van der Waals surface area contributed by atoms with Gasteiger partial charge in [-0.15, -0.1) is 17.8 Å². The summed E-state index contributed by atoms with van der Waals surface area (Å²) >= 11 is 1.49. The molecule has 0 aliphatic carbocycles. The van der Waals surface area contributed by atoms with Crippen LogP contribution in [0.25, 0.3) is 0 Å². The third-order valence-corrected chi connectivity index (χ3v) is 6.53. The van der Waals surface area contributed by atoms with E-state index in [1.807, 2.05) is 5.38 Å². The Bertz CT molecular complexity index is 802. The van der Waals surface area contributed by atoms with Crippen molar-refractivity contribution in [2.75, 3.05) is 39.4 Å². The lowest BCUT2D eigenvalue weighted by Crippen LogP contribution is -2.40. The van der Waals surface area contributed by atoms with E-state index in [2.05, 4.69) is 10.9 Å². The van der Waals surface area contributed by atoms with Crippen LogP contribution in [0.2, 0.25) is 0 Å². The number of thiazole rings is 1. The molecule has 3 rings (SSSR count). The van der Waals surface area contributed by atoms with E-state index in [-0.39, 0.29) is 36.4 Å². The summed E-state index contributed by atoms with van der Waals surface area (Å²) < 4.78 is 10.0. The summed E-state index contributed by atoms with van der Waals surface area (Å²) in [5, 5.41) is 2.74. The number of hydrogen-bond donors (Lipinski definition) is 0. The fourth-order valence-corrected chi connectivity index (χ4v) is 4.78. The van der Waals surface area contributed by atoms with Crippen molar-refractivity contribution < 1.29 is 23.9 Å². The highest BCUT2D eigenvalue weighted by Crippen LogP contribution is 2.31. The van der Waals surface area contributed by atoms with Crippen LogP contribution >= 0.6 is 11.3 Å². The van der Waals surface area contributed by atoms with Gasteiger partial charge in [-0.3, -0.25) is 9.59 Å². The number of ether oxygens (including phenoxy) is 2. The highest BCUT2D eigenvalue weighted by Gasteiger charge is 2.31. The second-order valence-corrected chi connectivity index (χ2v) is 8.30. The van der Waals surface area contributed by atoms with Gasteiger partial charge in [0, 0.05) is 37.5 Å². The molecule has 2 aliphatic heterocycles. The van der Waals surface area contributed by atoms with Gasteiger partial charge in [-0.2, -0.15) is 0 Å². The van der Waals surface area contributed by atoms with E-state index in [1.165, 1.54) is 11.3 Å². The summed E-state index contributed by atoms with van der Waals surface area (Å²) in [6.07, 6.45) is 7.52. The Morgan fingerprint density at radius 3 is 2.43 bits per heavy atom. The van der Waals surface area contributed by atoms with Crippen molar-refractivity contribution in [2.45, 2.75) is 38.5 Å². The number of aromatic nitrogens is 1. The summed E-state index contributed by atoms with van der Waals surface area (Å²) in [4.78, 5) is 44.6. The first-order chi connectivity index (χ1) is 14.5. The lowest BCUT2D eigenvalue weighted by atomic mass is 9.97. The van der Waals surface area contributed by atoms with Crippen LogP contribution in [-0.2, 0) is 14.3 Å². The van der Waals surface area contributed by atoms with E-state index >= 15 is 0 Å². The maximum atomic E-state index is 12.8. The fourth-order valence-electron chi connectivity index (χ4n) is 3.82. The minimum Gasteiger partial charge on any atom is -0.466 e. The second-order valence-electron chi connectivity index (χ2n) is 7.41. The van der Waals surface area contributed by atoms with E-state index < -0.39 is 0 Å². The molecule has 2 amide bonds. The van der Waals surface area contributed by atoms with Crippen LogP contribution in [0.4, 0.5) is 4.79 Å². The van der Waals surface area contributed by atoms with Crippen molar-refractivity contribution in [2.24, 2.45) is 5.92 Å². The average Bonchev–Trinajstić information content (AvgIpc) is 3.27. The molecule has 0 atom stereocenters. The molecule has 3 heterocycles. The number of terminal acetylenes is 1. The van der Waals surface area contributed by atoms with Crippen molar-refractivity contribution in [3.63, 3.8) is 0 Å². The zero-order valence-electron chi connectivity index (χ0n) is 17.2. The number of nitrogens with zero attached hydrogens (tertiary/aromatic N) is 3. The number of rotatable bonds is 5. The molecule has 0 aromatic carbocycles. The summed E-state index contributed by atoms with van der Waals surface area (Å²) in [6, 6.07) is 0. The quantitative estimate of drug-likeness (QED) is 0.524. The molecule has 0 unspecified atom stereocenters. The first kappa shape index (κ1) is 22.1. The average molecular weight is 434 g/mol. The van der Waals surface area contributed by atoms with Crippen LogP contribution in [-0.4, -0.2) is 72.1 Å². The van der Waals surface area contributed by atoms with Gasteiger partial charge in [-0.25, -0.2) is 9.78 Å². The van der Waals surface area contributed by atoms with E-state index in [9.17, 15) is 14.4 Å². The van der Waals surface area contributed by atoms with Crippen LogP contribution < -0.4 is 0 Å². The third kappa shape index (κ3) is 5.30. The van der Waals surface area contributed by atoms with Crippen LogP contribution in [0.5, 0.6) is 0 Å². The molecule has 8 nitrogen and oxygen atoms in total. The molecule has 9 heteroatoms. The van der Waals surface area contributed by atoms with Gasteiger partial charge in [0.15, 0.2) is 6.61 Å². The Morgan fingerprint density at radius 1 is 1.13 bits per heavy atom. The fraction of sp³-hybridized carbons (Fsp3) is 0.619. The highest BCUT2D eigenvalue weighted by atomic mass is 32.1. The number of hydrogen-bond acceptors (Lipinski definition) is 7. The van der Waals surface area contributed by atoms with Crippen molar-refractivity contribution in [1.29, 1.82) is 0 Å². The molecule has 0 bridgehead atoms. The van der Waals surface area contributed by atoms with Gasteiger partial charge in [-0.1, -0.05) is 5.92 Å². The number of piperidine rings is 2. The number of amides is 2. The third-order valence-electron chi connectivity index (χ3n) is 5.52. The number of esters is 1. The molecular formula is C21H27N3O5S. The summed E-state index contributed by atoms with van der Waals surface area (Å²) in [5.41, 5.74) is 0.459. The SMILES string of the molecule is C#CCOC(=O)N1CCC(c2nc(C(=O)N3CCC(C(=O)OCC)CC3)cs2)CC1. The van der Waals surface area contributed by atoms with Crippen LogP contribution in [0.1, 0.15) is 54.0 Å². The number of carbonyl (C=O) groups is 3. The van der Waals surface area contributed by atoms with E-state index in [4.69, 9.17) is 15.9 Å². The normalized spacial score (nSPS) is 18.0. The van der Waals surface area contributed by atoms with Gasteiger partial charge in [0.1, 0.15) is 5.69 Å². The zero-order valence-corrected chi connectivity index (χ0v) is 18.0. The van der Waals surface area contributed by atoms with Gasteiger partial charge in [0.2, 0.25) is 0 Å². The van der Waals surface area contributed by atoms with Crippen molar-refractivity contribution in [3.05, 3.63) is 16.1 Å². The molecule has 0 spiro atoms. The predicted octanol–water partition coefficient (Wildman–Crippen LogP) is 2.51. The Hall–Kier alpha value is -2.60. The molecule has 1 aromatic rings. The largest absolute Gasteiger partial charge is 0.466 e. The maximum absolute atomic E-state index is 12.8. The van der Waals surface area contributed by atoms with Crippen LogP contribution in [0.15, 0.2) is 5.38 Å². The van der Waals surface area contributed by atoms with E-state index in [0.29, 0.717) is 51.3 Å².